The molecule has 0 aliphatic heterocycles. The summed E-state index contributed by atoms with van der Waals surface area (Å²) in [5, 5.41) is 11.7. The Morgan fingerprint density at radius 1 is 1.05 bits per heavy atom. The van der Waals surface area contributed by atoms with E-state index in [2.05, 4.69) is 0 Å². The van der Waals surface area contributed by atoms with Gasteiger partial charge < -0.3 is 19.3 Å². The van der Waals surface area contributed by atoms with Gasteiger partial charge in [-0.2, -0.15) is 0 Å². The predicted octanol–water partition coefficient (Wildman–Crippen LogP) is 3.87. The number of Topliss-reactive ketones (excluding diaryl/α,β-unsaturated/α-hetero) is 1. The molecule has 8 atom stereocenters. The van der Waals surface area contributed by atoms with Gasteiger partial charge in [0, 0.05) is 42.1 Å². The van der Waals surface area contributed by atoms with E-state index in [9.17, 15) is 29.1 Å². The van der Waals surface area contributed by atoms with Gasteiger partial charge in [0.15, 0.2) is 23.7 Å². The van der Waals surface area contributed by atoms with Crippen LogP contribution >= 0.6 is 0 Å². The van der Waals surface area contributed by atoms with Gasteiger partial charge in [-0.05, 0) is 43.9 Å². The number of aliphatic hydroxyl groups is 1. The van der Waals surface area contributed by atoms with Crippen molar-refractivity contribution in [2.45, 2.75) is 91.0 Å². The summed E-state index contributed by atoms with van der Waals surface area (Å²) >= 11 is 0. The van der Waals surface area contributed by atoms with E-state index in [1.165, 1.54) is 24.3 Å². The first-order valence-corrected chi connectivity index (χ1v) is 14.3. The Balaban J connectivity index is 1.91. The molecule has 1 N–H and O–H groups in total. The molecule has 224 valence electrons. The molecule has 9 nitrogen and oxygen atoms in total. The highest BCUT2D eigenvalue weighted by molar-refractivity contribution is 6.02. The minimum Gasteiger partial charge on any atom is -0.457 e. The number of aliphatic hydroxyl groups excluding tert-OH is 1. The lowest BCUT2D eigenvalue weighted by molar-refractivity contribution is -0.219. The molecule has 0 aromatic carbocycles. The van der Waals surface area contributed by atoms with Crippen LogP contribution < -0.4 is 0 Å². The summed E-state index contributed by atoms with van der Waals surface area (Å²) in [6.07, 6.45) is 3.69. The maximum Gasteiger partial charge on any atom is 0.310 e. The molecule has 2 saturated carbocycles. The molecule has 0 aromatic rings. The number of hydrogen-bond donors (Lipinski definition) is 1. The van der Waals surface area contributed by atoms with Crippen molar-refractivity contribution in [1.82, 2.24) is 0 Å². The van der Waals surface area contributed by atoms with E-state index in [0.717, 1.165) is 0 Å². The molecule has 0 saturated heterocycles. The zero-order valence-corrected chi connectivity index (χ0v) is 24.5. The van der Waals surface area contributed by atoms with E-state index in [1.54, 1.807) is 41.5 Å². The first-order chi connectivity index (χ1) is 19.2. The number of carbonyl (C=O) groups excluding carboxylic acids is 5. The second-order valence-electron chi connectivity index (χ2n) is 12.0. The average molecular weight is 575 g/mol. The third kappa shape index (κ3) is 4.32. The van der Waals surface area contributed by atoms with Gasteiger partial charge in [-0.15, -0.1) is 0 Å². The van der Waals surface area contributed by atoms with Crippen molar-refractivity contribution in [3.05, 3.63) is 35.6 Å². The molecule has 0 unspecified atom stereocenters. The Morgan fingerprint density at radius 3 is 2.29 bits per heavy atom. The number of alkyl halides is 1. The van der Waals surface area contributed by atoms with Gasteiger partial charge in [0.05, 0.1) is 11.5 Å². The maximum absolute atomic E-state index is 17.8. The third-order valence-electron chi connectivity index (χ3n) is 9.95. The highest BCUT2D eigenvalue weighted by Gasteiger charge is 2.77. The zero-order valence-electron chi connectivity index (χ0n) is 24.5. The van der Waals surface area contributed by atoms with Gasteiger partial charge in [-0.3, -0.25) is 24.0 Å². The highest BCUT2D eigenvalue weighted by atomic mass is 19.1. The zero-order chi connectivity index (χ0) is 30.5. The fourth-order valence-corrected chi connectivity index (χ4v) is 7.84. The van der Waals surface area contributed by atoms with Crippen LogP contribution in [0.5, 0.6) is 0 Å². The number of allylic oxidation sites excluding steroid dienone is 5. The normalized spacial score (nSPS) is 39.0. The van der Waals surface area contributed by atoms with Gasteiger partial charge in [-0.1, -0.05) is 40.7 Å². The minimum absolute atomic E-state index is 0.0294. The summed E-state index contributed by atoms with van der Waals surface area (Å²) < 4.78 is 34.6. The number of esters is 3. The Labute approximate surface area is 239 Å². The van der Waals surface area contributed by atoms with Crippen LogP contribution in [0.25, 0.3) is 0 Å². The van der Waals surface area contributed by atoms with Crippen molar-refractivity contribution in [1.29, 1.82) is 0 Å². The number of carbonyl (C=O) groups is 5. The molecule has 41 heavy (non-hydrogen) atoms. The summed E-state index contributed by atoms with van der Waals surface area (Å²) in [6, 6.07) is 0. The smallest absolute Gasteiger partial charge is 0.310 e. The lowest BCUT2D eigenvalue weighted by Gasteiger charge is -2.61. The number of halogens is 1. The van der Waals surface area contributed by atoms with Crippen LogP contribution in [0.1, 0.15) is 73.6 Å². The average Bonchev–Trinajstić information content (AvgIpc) is 3.15. The lowest BCUT2D eigenvalue weighted by atomic mass is 9.46. The number of hydrogen-bond acceptors (Lipinski definition) is 9. The first kappa shape index (κ1) is 30.8. The Bertz CT molecular complexity index is 1270. The molecule has 0 amide bonds. The number of ether oxygens (including phenoxy) is 3. The van der Waals surface area contributed by atoms with Crippen LogP contribution in [-0.4, -0.2) is 58.6 Å². The van der Waals surface area contributed by atoms with Crippen LogP contribution in [0.3, 0.4) is 0 Å². The number of fused-ring (bicyclic) bond motifs is 5. The van der Waals surface area contributed by atoms with Crippen molar-refractivity contribution in [2.24, 2.45) is 28.6 Å². The van der Waals surface area contributed by atoms with Crippen LogP contribution in [0.2, 0.25) is 0 Å². The predicted molar refractivity (Wildman–Crippen MR) is 144 cm³/mol. The van der Waals surface area contributed by atoms with E-state index >= 15 is 4.39 Å². The van der Waals surface area contributed by atoms with E-state index in [0.29, 0.717) is 0 Å². The lowest BCUT2D eigenvalue weighted by Crippen LogP contribution is -2.69. The number of rotatable bonds is 8. The summed E-state index contributed by atoms with van der Waals surface area (Å²) in [4.78, 5) is 63.5. The largest absolute Gasteiger partial charge is 0.457 e. The van der Waals surface area contributed by atoms with Crippen molar-refractivity contribution in [3.8, 4) is 0 Å². The molecule has 4 aliphatic rings. The van der Waals surface area contributed by atoms with Gasteiger partial charge in [0.25, 0.3) is 0 Å². The molecule has 4 rings (SSSR count). The summed E-state index contributed by atoms with van der Waals surface area (Å²) in [5.74, 6) is -5.21. The molecule has 0 spiro atoms. The SMILES string of the molecule is CCC(=O)OCC(=O)[C@@]1(OC(=O)CC)[C@H](C)C[C@H]2[C@@H]3C=C(OC(=O)CC)C4=CC(=O)C=C[C@]4(C)[C@@]3(F)[C@@H](O)C[C@@]21C. The molecule has 4 aliphatic carbocycles. The molecule has 0 aromatic heterocycles. The topological polar surface area (TPSA) is 133 Å². The van der Waals surface area contributed by atoms with E-state index < -0.39 is 82.0 Å². The first-order valence-electron chi connectivity index (χ1n) is 14.3. The van der Waals surface area contributed by atoms with Gasteiger partial charge in [0.1, 0.15) is 5.76 Å². The van der Waals surface area contributed by atoms with Crippen molar-refractivity contribution in [2.75, 3.05) is 6.61 Å². The van der Waals surface area contributed by atoms with Gasteiger partial charge in [-0.25, -0.2) is 4.39 Å². The Kier molecular flexibility index (Phi) is 7.97. The molecule has 0 bridgehead atoms. The van der Waals surface area contributed by atoms with Crippen molar-refractivity contribution < 1.29 is 47.7 Å². The monoisotopic (exact) mass is 574 g/mol. The quantitative estimate of drug-likeness (QED) is 0.339. The second kappa shape index (κ2) is 10.6. The van der Waals surface area contributed by atoms with Crippen LogP contribution in [0.15, 0.2) is 35.6 Å². The third-order valence-corrected chi connectivity index (χ3v) is 9.95. The van der Waals surface area contributed by atoms with Gasteiger partial charge in [0.2, 0.25) is 5.78 Å². The van der Waals surface area contributed by atoms with Gasteiger partial charge >= 0.3 is 17.9 Å². The van der Waals surface area contributed by atoms with Crippen LogP contribution in [0.4, 0.5) is 4.39 Å². The molecular weight excluding hydrogens is 535 g/mol. The van der Waals surface area contributed by atoms with E-state index in [1.807, 2.05) is 0 Å². The maximum atomic E-state index is 17.8. The Hall–Kier alpha value is -3.14. The molecule has 10 heteroatoms. The molecule has 0 radical (unpaired) electrons. The fourth-order valence-electron chi connectivity index (χ4n) is 7.84. The summed E-state index contributed by atoms with van der Waals surface area (Å²) in [6.45, 7) is 9.14. The van der Waals surface area contributed by atoms with Crippen LogP contribution in [0, 0.1) is 28.6 Å². The van der Waals surface area contributed by atoms with Crippen LogP contribution in [-0.2, 0) is 38.2 Å². The minimum atomic E-state index is -2.36. The van der Waals surface area contributed by atoms with E-state index in [4.69, 9.17) is 14.2 Å². The fraction of sp³-hybridized carbons (Fsp3) is 0.645. The molecule has 0 heterocycles. The standard InChI is InChI=1S/C31H39FO9/c1-7-25(36)39-16-24(35)31(41-27(38)9-3)17(4)12-19-20-14-22(40-26(37)8-2)21-13-18(33)10-11-28(21,5)30(20,32)23(34)15-29(19,31)6/h10-11,13-14,17,19-20,23,34H,7-9,12,15-16H2,1-6H3/t17-,19+,20+,23+,28+,29+,30+,31+/m1/s1. The highest BCUT2D eigenvalue weighted by Crippen LogP contribution is 2.71. The Morgan fingerprint density at radius 2 is 1.68 bits per heavy atom. The molecular formula is C31H39FO9. The number of ketones is 2. The van der Waals surface area contributed by atoms with Crippen molar-refractivity contribution in [3.63, 3.8) is 0 Å². The van der Waals surface area contributed by atoms with E-state index in [-0.39, 0.29) is 43.4 Å². The van der Waals surface area contributed by atoms with Crippen molar-refractivity contribution >= 4 is 29.5 Å². The summed E-state index contributed by atoms with van der Waals surface area (Å²) in [7, 11) is 0. The summed E-state index contributed by atoms with van der Waals surface area (Å²) in [5.41, 5.74) is -6.84. The molecule has 2 fully saturated rings. The second-order valence-corrected chi connectivity index (χ2v) is 12.0.